The first-order valence-corrected chi connectivity index (χ1v) is 12.6. The van der Waals surface area contributed by atoms with Crippen molar-refractivity contribution >= 4 is 52.2 Å². The van der Waals surface area contributed by atoms with Crippen molar-refractivity contribution in [3.8, 4) is 11.5 Å². The summed E-state index contributed by atoms with van der Waals surface area (Å²) in [5.74, 6) is 0.616. The number of halogens is 1. The Hall–Kier alpha value is -3.75. The standard InChI is InChI=1S/C28H25ClN2O5S/c1-4-31-26(32)25(37-28(31)30-22-12-8-20(9-13-22)27(33)35-3)16-19-7-14-23(24(15-19)34-2)36-17-18-5-10-21(29)11-6-18/h5-16H,4,17H2,1-3H3/b25-16-,30-28?. The van der Waals surface area contributed by atoms with E-state index in [1.165, 1.54) is 18.9 Å². The topological polar surface area (TPSA) is 77.4 Å². The monoisotopic (exact) mass is 536 g/mol. The van der Waals surface area contributed by atoms with Gasteiger partial charge in [-0.2, -0.15) is 0 Å². The van der Waals surface area contributed by atoms with Gasteiger partial charge in [0.1, 0.15) is 6.61 Å². The molecule has 0 aliphatic carbocycles. The van der Waals surface area contributed by atoms with Crippen molar-refractivity contribution in [3.63, 3.8) is 0 Å². The van der Waals surface area contributed by atoms with Crippen LogP contribution >= 0.6 is 23.4 Å². The highest BCUT2D eigenvalue weighted by atomic mass is 35.5. The summed E-state index contributed by atoms with van der Waals surface area (Å²) in [6, 6.07) is 19.7. The number of amidine groups is 1. The number of methoxy groups -OCH3 is 2. The van der Waals surface area contributed by atoms with Crippen molar-refractivity contribution < 1.29 is 23.8 Å². The minimum absolute atomic E-state index is 0.125. The lowest BCUT2D eigenvalue weighted by Crippen LogP contribution is -2.28. The molecule has 0 aromatic heterocycles. The number of thioether (sulfide) groups is 1. The highest BCUT2D eigenvalue weighted by molar-refractivity contribution is 8.18. The molecular formula is C28H25ClN2O5S. The second kappa shape index (κ2) is 12.0. The van der Waals surface area contributed by atoms with Crippen LogP contribution in [0.5, 0.6) is 11.5 Å². The van der Waals surface area contributed by atoms with Gasteiger partial charge in [-0.25, -0.2) is 9.79 Å². The molecule has 190 valence electrons. The number of amides is 1. The molecule has 0 bridgehead atoms. The summed E-state index contributed by atoms with van der Waals surface area (Å²) in [5.41, 5.74) is 2.85. The molecule has 4 rings (SSSR count). The fraction of sp³-hybridized carbons (Fsp3) is 0.179. The number of esters is 1. The van der Waals surface area contributed by atoms with Crippen LogP contribution in [0.4, 0.5) is 5.69 Å². The normalized spacial score (nSPS) is 15.4. The third-order valence-corrected chi connectivity index (χ3v) is 6.77. The number of carbonyl (C=O) groups excluding carboxylic acids is 2. The van der Waals surface area contributed by atoms with Crippen LogP contribution in [0.25, 0.3) is 6.08 Å². The average molecular weight is 537 g/mol. The van der Waals surface area contributed by atoms with Gasteiger partial charge >= 0.3 is 5.97 Å². The van der Waals surface area contributed by atoms with Gasteiger partial charge < -0.3 is 14.2 Å². The predicted molar refractivity (Wildman–Crippen MR) is 147 cm³/mol. The molecule has 0 spiro atoms. The molecule has 0 unspecified atom stereocenters. The molecule has 1 aliphatic rings. The molecule has 0 saturated carbocycles. The number of hydrogen-bond donors (Lipinski definition) is 0. The van der Waals surface area contributed by atoms with Crippen LogP contribution in [0.2, 0.25) is 5.02 Å². The van der Waals surface area contributed by atoms with Gasteiger partial charge in [0.2, 0.25) is 0 Å². The summed E-state index contributed by atoms with van der Waals surface area (Å²) < 4.78 is 16.2. The number of ether oxygens (including phenoxy) is 3. The zero-order chi connectivity index (χ0) is 26.4. The summed E-state index contributed by atoms with van der Waals surface area (Å²) in [6.07, 6.45) is 1.81. The summed E-state index contributed by atoms with van der Waals surface area (Å²) in [6.45, 7) is 2.74. The number of likely N-dealkylation sites (N-methyl/N-ethyl adjacent to an activating group) is 1. The molecule has 1 fully saturated rings. The van der Waals surface area contributed by atoms with Crippen molar-refractivity contribution in [3.05, 3.63) is 93.3 Å². The molecule has 1 saturated heterocycles. The van der Waals surface area contributed by atoms with E-state index in [0.717, 1.165) is 11.1 Å². The highest BCUT2D eigenvalue weighted by Gasteiger charge is 2.32. The van der Waals surface area contributed by atoms with E-state index < -0.39 is 5.97 Å². The Balaban J connectivity index is 1.52. The van der Waals surface area contributed by atoms with E-state index in [0.29, 0.717) is 51.0 Å². The third kappa shape index (κ3) is 6.34. The first kappa shape index (κ1) is 26.3. The molecule has 1 amide bonds. The number of rotatable bonds is 8. The van der Waals surface area contributed by atoms with Crippen LogP contribution in [-0.2, 0) is 16.1 Å². The van der Waals surface area contributed by atoms with Gasteiger partial charge in [-0.15, -0.1) is 0 Å². The second-order valence-electron chi connectivity index (χ2n) is 7.92. The average Bonchev–Trinajstić information content (AvgIpc) is 3.21. The number of hydrogen-bond acceptors (Lipinski definition) is 7. The first-order chi connectivity index (χ1) is 17.9. The minimum Gasteiger partial charge on any atom is -0.493 e. The molecule has 0 N–H and O–H groups in total. The van der Waals surface area contributed by atoms with E-state index in [9.17, 15) is 9.59 Å². The zero-order valence-electron chi connectivity index (χ0n) is 20.6. The molecule has 1 aliphatic heterocycles. The molecule has 3 aromatic carbocycles. The van der Waals surface area contributed by atoms with Gasteiger partial charge in [0.15, 0.2) is 16.7 Å². The van der Waals surface area contributed by atoms with Gasteiger partial charge in [-0.1, -0.05) is 29.8 Å². The lowest BCUT2D eigenvalue weighted by atomic mass is 10.1. The maximum Gasteiger partial charge on any atom is 0.337 e. The Morgan fingerprint density at radius 3 is 2.41 bits per heavy atom. The van der Waals surface area contributed by atoms with E-state index in [1.54, 1.807) is 36.3 Å². The van der Waals surface area contributed by atoms with E-state index in [1.807, 2.05) is 55.5 Å². The van der Waals surface area contributed by atoms with Crippen molar-refractivity contribution in [1.29, 1.82) is 0 Å². The fourth-order valence-electron chi connectivity index (χ4n) is 3.56. The van der Waals surface area contributed by atoms with E-state index in [4.69, 9.17) is 25.8 Å². The molecular weight excluding hydrogens is 512 g/mol. The maximum absolute atomic E-state index is 13.1. The lowest BCUT2D eigenvalue weighted by molar-refractivity contribution is -0.122. The molecule has 1 heterocycles. The lowest BCUT2D eigenvalue weighted by Gasteiger charge is -2.12. The van der Waals surface area contributed by atoms with Crippen molar-refractivity contribution in [1.82, 2.24) is 4.90 Å². The quantitative estimate of drug-likeness (QED) is 0.247. The van der Waals surface area contributed by atoms with Gasteiger partial charge in [-0.3, -0.25) is 9.69 Å². The third-order valence-electron chi connectivity index (χ3n) is 5.51. The SMILES string of the molecule is CCN1C(=O)/C(=C/c2ccc(OCc3ccc(Cl)cc3)c(OC)c2)SC1=Nc1ccc(C(=O)OC)cc1. The summed E-state index contributed by atoms with van der Waals surface area (Å²) in [4.78, 5) is 31.5. The minimum atomic E-state index is -0.415. The van der Waals surface area contributed by atoms with Gasteiger partial charge in [-0.05, 0) is 84.4 Å². The molecule has 3 aromatic rings. The van der Waals surface area contributed by atoms with Crippen LogP contribution < -0.4 is 9.47 Å². The number of nitrogens with zero attached hydrogens (tertiary/aromatic N) is 2. The Morgan fingerprint density at radius 1 is 1.03 bits per heavy atom. The van der Waals surface area contributed by atoms with Crippen molar-refractivity contribution in [2.45, 2.75) is 13.5 Å². The van der Waals surface area contributed by atoms with E-state index >= 15 is 0 Å². The molecule has 37 heavy (non-hydrogen) atoms. The van der Waals surface area contributed by atoms with Crippen LogP contribution in [0.15, 0.2) is 76.6 Å². The van der Waals surface area contributed by atoms with Crippen molar-refractivity contribution in [2.24, 2.45) is 4.99 Å². The Kier molecular flexibility index (Phi) is 8.53. The van der Waals surface area contributed by atoms with Crippen LogP contribution in [0.3, 0.4) is 0 Å². The summed E-state index contributed by atoms with van der Waals surface area (Å²) in [7, 11) is 2.91. The Morgan fingerprint density at radius 2 is 1.76 bits per heavy atom. The van der Waals surface area contributed by atoms with Gasteiger partial charge in [0, 0.05) is 11.6 Å². The van der Waals surface area contributed by atoms with E-state index in [-0.39, 0.29) is 5.91 Å². The summed E-state index contributed by atoms with van der Waals surface area (Å²) in [5, 5.41) is 1.24. The molecule has 0 radical (unpaired) electrons. The molecule has 9 heteroatoms. The number of carbonyl (C=O) groups is 2. The van der Waals surface area contributed by atoms with Crippen LogP contribution in [0.1, 0.15) is 28.4 Å². The van der Waals surface area contributed by atoms with Crippen LogP contribution in [-0.4, -0.2) is 42.7 Å². The van der Waals surface area contributed by atoms with Crippen LogP contribution in [0, 0.1) is 0 Å². The smallest absolute Gasteiger partial charge is 0.337 e. The van der Waals surface area contributed by atoms with E-state index in [2.05, 4.69) is 4.99 Å². The Bertz CT molecular complexity index is 1350. The maximum atomic E-state index is 13.1. The number of aliphatic imine (C=N–C) groups is 1. The fourth-order valence-corrected chi connectivity index (χ4v) is 4.75. The zero-order valence-corrected chi connectivity index (χ0v) is 22.1. The highest BCUT2D eigenvalue weighted by Crippen LogP contribution is 2.36. The molecule has 0 atom stereocenters. The largest absolute Gasteiger partial charge is 0.493 e. The van der Waals surface area contributed by atoms with Gasteiger partial charge in [0.25, 0.3) is 5.91 Å². The van der Waals surface area contributed by atoms with Crippen molar-refractivity contribution in [2.75, 3.05) is 20.8 Å². The second-order valence-corrected chi connectivity index (χ2v) is 9.36. The van der Waals surface area contributed by atoms with Gasteiger partial charge in [0.05, 0.1) is 30.4 Å². The summed E-state index contributed by atoms with van der Waals surface area (Å²) >= 11 is 7.24. The molecule has 7 nitrogen and oxygen atoms in total. The Labute approximate surface area is 224 Å². The first-order valence-electron chi connectivity index (χ1n) is 11.5. The predicted octanol–water partition coefficient (Wildman–Crippen LogP) is 6.34. The number of benzene rings is 3.